The summed E-state index contributed by atoms with van der Waals surface area (Å²) in [4.78, 5) is 4.70. The summed E-state index contributed by atoms with van der Waals surface area (Å²) in [5.74, 6) is 1.97. The molecular formula is C17H27N3. The Morgan fingerprint density at radius 2 is 2.00 bits per heavy atom. The van der Waals surface area contributed by atoms with E-state index in [9.17, 15) is 0 Å². The van der Waals surface area contributed by atoms with E-state index in [-0.39, 0.29) is 5.41 Å². The quantitative estimate of drug-likeness (QED) is 0.827. The summed E-state index contributed by atoms with van der Waals surface area (Å²) in [6.07, 6.45) is 8.78. The second-order valence-electron chi connectivity index (χ2n) is 7.42. The zero-order chi connectivity index (χ0) is 15.0. The van der Waals surface area contributed by atoms with Gasteiger partial charge in [-0.1, -0.05) is 44.6 Å². The molecule has 0 fully saturated rings. The van der Waals surface area contributed by atoms with Gasteiger partial charge in [0.15, 0.2) is 5.82 Å². The number of nitrogens with zero attached hydrogens (tertiary/aromatic N) is 3. The summed E-state index contributed by atoms with van der Waals surface area (Å²) < 4.78 is 2.06. The van der Waals surface area contributed by atoms with E-state index in [0.29, 0.717) is 5.41 Å². The molecule has 1 aliphatic rings. The largest absolute Gasteiger partial charge is 0.250 e. The molecule has 0 bridgehead atoms. The molecule has 3 nitrogen and oxygen atoms in total. The minimum absolute atomic E-state index is 0.0583. The Balaban J connectivity index is 2.17. The molecular weight excluding hydrogens is 246 g/mol. The van der Waals surface area contributed by atoms with E-state index in [4.69, 9.17) is 10.1 Å². The van der Waals surface area contributed by atoms with Crippen LogP contribution in [0.25, 0.3) is 0 Å². The van der Waals surface area contributed by atoms with Crippen LogP contribution in [0.3, 0.4) is 0 Å². The topological polar surface area (TPSA) is 30.7 Å². The molecule has 2 rings (SSSR count). The van der Waals surface area contributed by atoms with Crippen molar-refractivity contribution in [3.05, 3.63) is 35.4 Å². The van der Waals surface area contributed by atoms with Crippen LogP contribution in [0.15, 0.2) is 23.8 Å². The Morgan fingerprint density at radius 3 is 2.55 bits per heavy atom. The molecule has 1 atom stereocenters. The molecule has 110 valence electrons. The summed E-state index contributed by atoms with van der Waals surface area (Å²) in [6.45, 7) is 14.1. The van der Waals surface area contributed by atoms with Gasteiger partial charge in [0.05, 0.1) is 5.41 Å². The zero-order valence-corrected chi connectivity index (χ0v) is 13.7. The maximum Gasteiger partial charge on any atom is 0.160 e. The van der Waals surface area contributed by atoms with Gasteiger partial charge in [-0.05, 0) is 39.0 Å². The second-order valence-corrected chi connectivity index (χ2v) is 7.42. The molecule has 1 unspecified atom stereocenters. The van der Waals surface area contributed by atoms with Crippen LogP contribution in [0, 0.1) is 12.3 Å². The molecule has 0 aliphatic heterocycles. The molecule has 0 saturated heterocycles. The molecule has 20 heavy (non-hydrogen) atoms. The summed E-state index contributed by atoms with van der Waals surface area (Å²) >= 11 is 0. The van der Waals surface area contributed by atoms with Crippen LogP contribution in [0.5, 0.6) is 0 Å². The second kappa shape index (κ2) is 5.19. The summed E-state index contributed by atoms with van der Waals surface area (Å²) in [5.41, 5.74) is 1.59. The third kappa shape index (κ3) is 3.38. The van der Waals surface area contributed by atoms with Crippen molar-refractivity contribution in [3.8, 4) is 0 Å². The average molecular weight is 273 g/mol. The van der Waals surface area contributed by atoms with Crippen LogP contribution in [0.2, 0.25) is 0 Å². The third-order valence-corrected chi connectivity index (χ3v) is 4.00. The average Bonchev–Trinajstić information content (AvgIpc) is 2.72. The van der Waals surface area contributed by atoms with Crippen LogP contribution in [-0.4, -0.2) is 14.8 Å². The summed E-state index contributed by atoms with van der Waals surface area (Å²) in [6, 6.07) is 0. The van der Waals surface area contributed by atoms with Crippen molar-refractivity contribution in [2.45, 2.75) is 66.3 Å². The molecule has 1 heterocycles. The van der Waals surface area contributed by atoms with Crippen molar-refractivity contribution in [1.82, 2.24) is 14.8 Å². The SMILES string of the molecule is CC1=CCC(C)(c2nc(C)n(CCC(C)(C)C)n2)C=C1. The van der Waals surface area contributed by atoms with Gasteiger partial charge in [0.25, 0.3) is 0 Å². The molecule has 1 aliphatic carbocycles. The molecule has 0 aromatic carbocycles. The van der Waals surface area contributed by atoms with Crippen LogP contribution >= 0.6 is 0 Å². The molecule has 0 N–H and O–H groups in total. The van der Waals surface area contributed by atoms with Gasteiger partial charge < -0.3 is 0 Å². The number of aromatic nitrogens is 3. The van der Waals surface area contributed by atoms with Crippen molar-refractivity contribution in [3.63, 3.8) is 0 Å². The Hall–Kier alpha value is -1.38. The van der Waals surface area contributed by atoms with Crippen molar-refractivity contribution in [2.75, 3.05) is 0 Å². The van der Waals surface area contributed by atoms with Gasteiger partial charge in [-0.15, -0.1) is 0 Å². The minimum atomic E-state index is -0.0583. The predicted molar refractivity (Wildman–Crippen MR) is 83.7 cm³/mol. The fourth-order valence-corrected chi connectivity index (χ4v) is 2.31. The van der Waals surface area contributed by atoms with Crippen molar-refractivity contribution >= 4 is 0 Å². The fourth-order valence-electron chi connectivity index (χ4n) is 2.31. The lowest BCUT2D eigenvalue weighted by molar-refractivity contribution is 0.337. The van der Waals surface area contributed by atoms with Gasteiger partial charge in [-0.25, -0.2) is 4.98 Å². The lowest BCUT2D eigenvalue weighted by atomic mass is 9.81. The summed E-state index contributed by atoms with van der Waals surface area (Å²) in [7, 11) is 0. The van der Waals surface area contributed by atoms with E-state index < -0.39 is 0 Å². The third-order valence-electron chi connectivity index (χ3n) is 4.00. The smallest absolute Gasteiger partial charge is 0.160 e. The lowest BCUT2D eigenvalue weighted by Gasteiger charge is -2.24. The first-order valence-electron chi connectivity index (χ1n) is 7.48. The van der Waals surface area contributed by atoms with Gasteiger partial charge in [-0.3, -0.25) is 4.68 Å². The fraction of sp³-hybridized carbons (Fsp3) is 0.647. The van der Waals surface area contributed by atoms with Gasteiger partial charge in [0.2, 0.25) is 0 Å². The number of hydrogen-bond acceptors (Lipinski definition) is 2. The van der Waals surface area contributed by atoms with Gasteiger partial charge >= 0.3 is 0 Å². The van der Waals surface area contributed by atoms with Crippen LogP contribution in [-0.2, 0) is 12.0 Å². The van der Waals surface area contributed by atoms with Crippen LogP contribution < -0.4 is 0 Å². The highest BCUT2D eigenvalue weighted by Crippen LogP contribution is 2.31. The molecule has 1 aromatic rings. The van der Waals surface area contributed by atoms with Gasteiger partial charge in [0, 0.05) is 6.54 Å². The Kier molecular flexibility index (Phi) is 3.90. The lowest BCUT2D eigenvalue weighted by Crippen LogP contribution is -2.22. The van der Waals surface area contributed by atoms with Gasteiger partial charge in [-0.2, -0.15) is 5.10 Å². The Labute approximate surface area is 122 Å². The van der Waals surface area contributed by atoms with Crippen molar-refractivity contribution in [1.29, 1.82) is 0 Å². The zero-order valence-electron chi connectivity index (χ0n) is 13.7. The van der Waals surface area contributed by atoms with Crippen LogP contribution in [0.4, 0.5) is 0 Å². The van der Waals surface area contributed by atoms with Gasteiger partial charge in [0.1, 0.15) is 5.82 Å². The van der Waals surface area contributed by atoms with E-state index in [2.05, 4.69) is 64.5 Å². The van der Waals surface area contributed by atoms with Crippen molar-refractivity contribution < 1.29 is 0 Å². The molecule has 0 spiro atoms. The van der Waals surface area contributed by atoms with Crippen LogP contribution in [0.1, 0.15) is 59.1 Å². The summed E-state index contributed by atoms with van der Waals surface area (Å²) in [5, 5.41) is 4.76. The molecule has 1 aromatic heterocycles. The first-order valence-corrected chi connectivity index (χ1v) is 7.48. The molecule has 0 saturated carbocycles. The number of rotatable bonds is 3. The van der Waals surface area contributed by atoms with E-state index in [1.165, 1.54) is 5.57 Å². The van der Waals surface area contributed by atoms with E-state index in [0.717, 1.165) is 31.0 Å². The first-order chi connectivity index (χ1) is 9.20. The van der Waals surface area contributed by atoms with E-state index >= 15 is 0 Å². The van der Waals surface area contributed by atoms with E-state index in [1.807, 2.05) is 0 Å². The van der Waals surface area contributed by atoms with Crippen molar-refractivity contribution in [2.24, 2.45) is 5.41 Å². The molecule has 0 amide bonds. The number of allylic oxidation sites excluding steroid dienone is 4. The maximum atomic E-state index is 4.76. The standard InChI is InChI=1S/C17H27N3/c1-13-7-9-17(6,10-8-13)15-18-14(2)20(19-15)12-11-16(3,4)5/h7-9H,10-12H2,1-6H3. The van der Waals surface area contributed by atoms with E-state index in [1.54, 1.807) is 0 Å². The Morgan fingerprint density at radius 1 is 1.30 bits per heavy atom. The first kappa shape index (κ1) is 15.0. The Bertz CT molecular complexity index is 543. The highest BCUT2D eigenvalue weighted by molar-refractivity contribution is 5.31. The number of aryl methyl sites for hydroxylation is 2. The predicted octanol–water partition coefficient (Wildman–Crippen LogP) is 4.19. The molecule has 0 radical (unpaired) electrons. The highest BCUT2D eigenvalue weighted by atomic mass is 15.3. The number of hydrogen-bond donors (Lipinski definition) is 0. The normalized spacial score (nSPS) is 23.0. The monoisotopic (exact) mass is 273 g/mol. The maximum absolute atomic E-state index is 4.76. The minimum Gasteiger partial charge on any atom is -0.250 e. The molecule has 3 heteroatoms. The highest BCUT2D eigenvalue weighted by Gasteiger charge is 2.29.